The third-order valence-corrected chi connectivity index (χ3v) is 2.18. The van der Waals surface area contributed by atoms with Crippen molar-refractivity contribution in [3.63, 3.8) is 0 Å². The van der Waals surface area contributed by atoms with Crippen molar-refractivity contribution < 1.29 is 33.1 Å². The average Bonchev–Trinajstić information content (AvgIpc) is 2.17. The molecule has 0 saturated heterocycles. The molecule has 0 fully saturated rings. The number of ether oxygens (including phenoxy) is 1. The molecule has 1 N–H and O–H groups in total. The Bertz CT molecular complexity index is 490. The Kier molecular flexibility index (Phi) is 3.46. The van der Waals surface area contributed by atoms with Gasteiger partial charge in [0.2, 0.25) is 5.91 Å². The highest BCUT2D eigenvalue weighted by Gasteiger charge is 2.67. The van der Waals surface area contributed by atoms with Crippen molar-refractivity contribution in [2.24, 2.45) is 0 Å². The van der Waals surface area contributed by atoms with Crippen LogP contribution >= 0.6 is 10.5 Å². The van der Waals surface area contributed by atoms with E-state index in [1.54, 1.807) is 0 Å². The van der Waals surface area contributed by atoms with E-state index in [4.69, 9.17) is 0 Å². The molecule has 0 heterocycles. The lowest BCUT2D eigenvalue weighted by atomic mass is 10.3. The van der Waals surface area contributed by atoms with E-state index in [-0.39, 0.29) is 0 Å². The number of benzene rings is 1. The Balaban J connectivity index is 3.01. The summed E-state index contributed by atoms with van der Waals surface area (Å²) < 4.78 is 68.4. The van der Waals surface area contributed by atoms with Crippen LogP contribution in [0.2, 0.25) is 0 Å². The van der Waals surface area contributed by atoms with Crippen molar-refractivity contribution >= 4 is 22.1 Å². The molecule has 4 nitrogen and oxygen atoms in total. The fourth-order valence-corrected chi connectivity index (χ4v) is 1.61. The number of halogens is 5. The van der Waals surface area contributed by atoms with Crippen LogP contribution in [0.1, 0.15) is 0 Å². The van der Waals surface area contributed by atoms with Crippen molar-refractivity contribution in [2.45, 2.75) is 0 Å². The molecule has 1 aromatic carbocycles. The molecule has 0 aliphatic heterocycles. The Morgan fingerprint density at radius 1 is 1.21 bits per heavy atom. The van der Waals surface area contributed by atoms with Gasteiger partial charge in [0, 0.05) is 7.11 Å². The standard InChI is InChI=1S/C9H10F5NO3S/c1-17-6-9(16)15-7-4-2-3-5-8(7)18-19(10,11,12,13)14/h2-5H,6H2,1H3,(H,15,16). The second-order valence-corrected chi connectivity index (χ2v) is 5.42. The van der Waals surface area contributed by atoms with E-state index in [9.17, 15) is 24.2 Å². The first-order chi connectivity index (χ1) is 8.40. The maximum absolute atomic E-state index is 12.2. The minimum absolute atomic E-state index is 0.440. The van der Waals surface area contributed by atoms with Crippen LogP contribution in [-0.4, -0.2) is 19.6 Å². The van der Waals surface area contributed by atoms with Gasteiger partial charge in [0.25, 0.3) is 0 Å². The molecular weight excluding hydrogens is 297 g/mol. The molecule has 1 rings (SSSR count). The van der Waals surface area contributed by atoms with Gasteiger partial charge in [0.05, 0.1) is 5.69 Å². The summed E-state index contributed by atoms with van der Waals surface area (Å²) in [5.74, 6) is -1.99. The van der Waals surface area contributed by atoms with E-state index in [0.29, 0.717) is 6.07 Å². The maximum Gasteiger partial charge on any atom is 0.435 e. The molecule has 0 unspecified atom stereocenters. The van der Waals surface area contributed by atoms with Gasteiger partial charge in [-0.2, -0.15) is 0 Å². The fourth-order valence-electron chi connectivity index (χ4n) is 1.13. The summed E-state index contributed by atoms with van der Waals surface area (Å²) >= 11 is 0. The molecule has 0 saturated carbocycles. The normalized spacial score (nSPS) is 15.3. The van der Waals surface area contributed by atoms with Crippen molar-refractivity contribution in [1.82, 2.24) is 0 Å². The van der Waals surface area contributed by atoms with Gasteiger partial charge in [-0.25, -0.2) is 0 Å². The fraction of sp³-hybridized carbons (Fsp3) is 0.222. The molecular formula is C9H10F5NO3S. The zero-order valence-corrected chi connectivity index (χ0v) is 10.4. The molecule has 110 valence electrons. The Morgan fingerprint density at radius 3 is 2.32 bits per heavy atom. The SMILES string of the molecule is COCC(=O)Nc1ccccc1OS(F)(F)(F)(F)F. The lowest BCUT2D eigenvalue weighted by Crippen LogP contribution is -2.19. The molecule has 0 atom stereocenters. The van der Waals surface area contributed by atoms with E-state index < -0.39 is 34.5 Å². The monoisotopic (exact) mass is 307 g/mol. The summed E-state index contributed by atoms with van der Waals surface area (Å²) in [6, 6.07) is 3.97. The van der Waals surface area contributed by atoms with Crippen LogP contribution in [0.25, 0.3) is 0 Å². The minimum atomic E-state index is -10.1. The molecule has 10 heteroatoms. The van der Waals surface area contributed by atoms with Gasteiger partial charge in [0.15, 0.2) is 5.75 Å². The number of carbonyl (C=O) groups excluding carboxylic acids is 1. The summed E-state index contributed by atoms with van der Waals surface area (Å²) in [6.07, 6.45) is 0. The molecule has 19 heavy (non-hydrogen) atoms. The van der Waals surface area contributed by atoms with Crippen LogP contribution in [0.4, 0.5) is 25.1 Å². The number of anilines is 1. The van der Waals surface area contributed by atoms with Crippen LogP contribution in [0.15, 0.2) is 24.3 Å². The van der Waals surface area contributed by atoms with E-state index >= 15 is 0 Å². The van der Waals surface area contributed by atoms with Gasteiger partial charge in [-0.15, -0.1) is 0 Å². The van der Waals surface area contributed by atoms with E-state index in [1.807, 2.05) is 5.32 Å². The van der Waals surface area contributed by atoms with Crippen molar-refractivity contribution in [1.29, 1.82) is 0 Å². The second-order valence-electron chi connectivity index (χ2n) is 3.46. The summed E-state index contributed by atoms with van der Waals surface area (Å²) in [6.45, 7) is -0.440. The highest BCUT2D eigenvalue weighted by molar-refractivity contribution is 8.42. The first-order valence-electron chi connectivity index (χ1n) is 4.72. The van der Waals surface area contributed by atoms with Crippen LogP contribution in [0.3, 0.4) is 0 Å². The summed E-state index contributed by atoms with van der Waals surface area (Å²) in [7, 11) is -8.89. The van der Waals surface area contributed by atoms with Gasteiger partial charge < -0.3 is 14.2 Å². The zero-order chi connectivity index (χ0) is 14.8. The van der Waals surface area contributed by atoms with Crippen LogP contribution in [0, 0.1) is 0 Å². The molecule has 0 spiro atoms. The topological polar surface area (TPSA) is 47.6 Å². The summed E-state index contributed by atoms with van der Waals surface area (Å²) in [5, 5.41) is 1.97. The number of methoxy groups -OCH3 is 1. The smallest absolute Gasteiger partial charge is 0.375 e. The van der Waals surface area contributed by atoms with Gasteiger partial charge in [-0.05, 0) is 12.1 Å². The number of amides is 1. The molecule has 0 aromatic heterocycles. The van der Waals surface area contributed by atoms with E-state index in [1.165, 1.54) is 13.2 Å². The van der Waals surface area contributed by atoms with Gasteiger partial charge in [0.1, 0.15) is 6.61 Å². The van der Waals surface area contributed by atoms with E-state index in [0.717, 1.165) is 12.1 Å². The number of carbonyl (C=O) groups is 1. The average molecular weight is 307 g/mol. The summed E-state index contributed by atoms with van der Waals surface area (Å²) in [4.78, 5) is 11.1. The lowest BCUT2D eigenvalue weighted by Gasteiger charge is -2.39. The van der Waals surface area contributed by atoms with Crippen LogP contribution in [-0.2, 0) is 9.53 Å². The molecule has 0 aliphatic carbocycles. The van der Waals surface area contributed by atoms with E-state index in [2.05, 4.69) is 8.92 Å². The highest BCUT2D eigenvalue weighted by atomic mass is 32.5. The maximum atomic E-state index is 12.2. The quantitative estimate of drug-likeness (QED) is 0.840. The molecule has 0 bridgehead atoms. The highest BCUT2D eigenvalue weighted by Crippen LogP contribution is 2.97. The molecule has 0 aliphatic rings. The van der Waals surface area contributed by atoms with Gasteiger partial charge in [-0.3, -0.25) is 4.79 Å². The van der Waals surface area contributed by atoms with Crippen molar-refractivity contribution in [3.05, 3.63) is 24.3 Å². The van der Waals surface area contributed by atoms with Gasteiger partial charge in [-0.1, -0.05) is 31.6 Å². The van der Waals surface area contributed by atoms with Crippen molar-refractivity contribution in [2.75, 3.05) is 19.0 Å². The Hall–Kier alpha value is -1.55. The second kappa shape index (κ2) is 4.23. The third kappa shape index (κ3) is 6.25. The molecule has 1 amide bonds. The molecule has 1 aromatic rings. The third-order valence-electron chi connectivity index (χ3n) is 1.68. The largest absolute Gasteiger partial charge is 0.435 e. The van der Waals surface area contributed by atoms with Gasteiger partial charge >= 0.3 is 10.5 Å². The lowest BCUT2D eigenvalue weighted by molar-refractivity contribution is -0.119. The predicted octanol–water partition coefficient (Wildman–Crippen LogP) is 3.86. The number of para-hydroxylation sites is 2. The summed E-state index contributed by atoms with van der Waals surface area (Å²) in [5.41, 5.74) is -0.530. The molecule has 0 radical (unpaired) electrons. The van der Waals surface area contributed by atoms with Crippen LogP contribution in [0.5, 0.6) is 5.75 Å². The minimum Gasteiger partial charge on any atom is -0.375 e. The Morgan fingerprint density at radius 2 is 1.79 bits per heavy atom. The zero-order valence-electron chi connectivity index (χ0n) is 9.54. The first-order valence-corrected chi connectivity index (χ1v) is 6.60. The van der Waals surface area contributed by atoms with Crippen molar-refractivity contribution in [3.8, 4) is 5.75 Å². The first kappa shape index (κ1) is 15.5. The number of nitrogens with one attached hydrogen (secondary N) is 1. The van der Waals surface area contributed by atoms with Crippen LogP contribution < -0.4 is 9.50 Å². The predicted molar refractivity (Wildman–Crippen MR) is 60.7 cm³/mol. The number of rotatable bonds is 5. The number of hydrogen-bond donors (Lipinski definition) is 1. The number of hydrogen-bond acceptors (Lipinski definition) is 3. The Labute approximate surface area is 105 Å².